The van der Waals surface area contributed by atoms with E-state index < -0.39 is 0 Å². The summed E-state index contributed by atoms with van der Waals surface area (Å²) in [5.74, 6) is 0.727. The molecule has 2 aromatic rings. The van der Waals surface area contributed by atoms with Crippen LogP contribution in [-0.2, 0) is 7.05 Å². The Morgan fingerprint density at radius 3 is 2.20 bits per heavy atom. The van der Waals surface area contributed by atoms with Crippen LogP contribution in [0, 0.1) is 11.3 Å². The zero-order chi connectivity index (χ0) is 13.2. The Balaban J connectivity index is 0.00000147. The first-order chi connectivity index (χ1) is 9.29. The lowest BCUT2D eigenvalue weighted by atomic mass is 10.2. The number of aryl methyl sites for hydroxylation is 1. The molecule has 0 saturated heterocycles. The molecule has 0 aliphatic carbocycles. The third-order valence-electron chi connectivity index (χ3n) is 3.12. The predicted octanol–water partition coefficient (Wildman–Crippen LogP) is -0.755. The average molecular weight is 329 g/mol. The molecular formula is C15H13BrN4. The summed E-state index contributed by atoms with van der Waals surface area (Å²) in [6, 6.07) is 16.0. The number of anilines is 2. The number of fused-ring (bicyclic) bond motifs is 1. The van der Waals surface area contributed by atoms with E-state index in [9.17, 15) is 5.26 Å². The Labute approximate surface area is 128 Å². The fourth-order valence-corrected chi connectivity index (χ4v) is 2.15. The Bertz CT molecular complexity index is 689. The van der Waals surface area contributed by atoms with Crippen molar-refractivity contribution in [1.29, 1.82) is 5.26 Å². The van der Waals surface area contributed by atoms with Gasteiger partial charge >= 0.3 is 0 Å². The van der Waals surface area contributed by atoms with Gasteiger partial charge in [-0.2, -0.15) is 5.26 Å². The van der Waals surface area contributed by atoms with Crippen LogP contribution in [0.1, 0.15) is 5.69 Å². The summed E-state index contributed by atoms with van der Waals surface area (Å²) in [6.45, 7) is 0. The molecule has 100 valence electrons. The van der Waals surface area contributed by atoms with Crippen LogP contribution in [0.15, 0.2) is 54.5 Å². The van der Waals surface area contributed by atoms with Gasteiger partial charge in [0, 0.05) is 12.1 Å². The van der Waals surface area contributed by atoms with Crippen molar-refractivity contribution in [2.75, 3.05) is 10.6 Å². The van der Waals surface area contributed by atoms with Crippen LogP contribution in [-0.4, -0.2) is 0 Å². The second kappa shape index (κ2) is 5.76. The van der Waals surface area contributed by atoms with Gasteiger partial charge in [-0.1, -0.05) is 12.1 Å². The van der Waals surface area contributed by atoms with Crippen molar-refractivity contribution in [2.24, 2.45) is 7.05 Å². The van der Waals surface area contributed by atoms with Crippen LogP contribution in [0.4, 0.5) is 11.4 Å². The van der Waals surface area contributed by atoms with E-state index >= 15 is 0 Å². The van der Waals surface area contributed by atoms with Gasteiger partial charge in [0.25, 0.3) is 0 Å². The number of halogens is 1. The number of benzene rings is 1. The highest BCUT2D eigenvalue weighted by molar-refractivity contribution is 5.88. The van der Waals surface area contributed by atoms with Crippen molar-refractivity contribution in [1.82, 2.24) is 0 Å². The van der Waals surface area contributed by atoms with Crippen LogP contribution >= 0.6 is 0 Å². The Morgan fingerprint density at radius 2 is 1.65 bits per heavy atom. The van der Waals surface area contributed by atoms with Gasteiger partial charge in [-0.25, -0.2) is 4.57 Å². The number of pyridine rings is 1. The summed E-state index contributed by atoms with van der Waals surface area (Å²) in [5, 5.41) is 15.9. The minimum Gasteiger partial charge on any atom is -1.00 e. The molecule has 1 aliphatic heterocycles. The highest BCUT2D eigenvalue weighted by Gasteiger charge is 2.22. The molecule has 1 aliphatic rings. The number of allylic oxidation sites excluding steroid dienone is 1. The summed E-state index contributed by atoms with van der Waals surface area (Å²) in [5.41, 5.74) is 3.44. The molecule has 0 fully saturated rings. The zero-order valence-electron chi connectivity index (χ0n) is 10.9. The van der Waals surface area contributed by atoms with Crippen LogP contribution in [0.25, 0.3) is 5.57 Å². The lowest BCUT2D eigenvalue weighted by molar-refractivity contribution is -0.673. The summed E-state index contributed by atoms with van der Waals surface area (Å²) in [4.78, 5) is 0. The molecule has 0 unspecified atom stereocenters. The quantitative estimate of drug-likeness (QED) is 0.535. The normalized spacial score (nSPS) is 11.5. The fraction of sp³-hybridized carbons (Fsp3) is 0.0667. The molecule has 0 amide bonds. The van der Waals surface area contributed by atoms with E-state index in [1.807, 2.05) is 60.3 Å². The van der Waals surface area contributed by atoms with Crippen molar-refractivity contribution in [3.05, 3.63) is 60.2 Å². The van der Waals surface area contributed by atoms with E-state index in [0.717, 1.165) is 22.9 Å². The average Bonchev–Trinajstić information content (AvgIpc) is 2.85. The van der Waals surface area contributed by atoms with Gasteiger partial charge < -0.3 is 27.6 Å². The van der Waals surface area contributed by atoms with Crippen LogP contribution in [0.3, 0.4) is 0 Å². The molecule has 20 heavy (non-hydrogen) atoms. The first-order valence-electron chi connectivity index (χ1n) is 6.02. The van der Waals surface area contributed by atoms with Gasteiger partial charge in [0.05, 0.1) is 11.4 Å². The summed E-state index contributed by atoms with van der Waals surface area (Å²) in [6.07, 6.45) is 1.93. The number of hydrogen-bond acceptors (Lipinski definition) is 3. The molecule has 1 aromatic heterocycles. The number of nitrogens with one attached hydrogen (secondary N) is 2. The second-order valence-electron chi connectivity index (χ2n) is 4.35. The van der Waals surface area contributed by atoms with Gasteiger partial charge in [-0.3, -0.25) is 0 Å². The van der Waals surface area contributed by atoms with Gasteiger partial charge in [0.2, 0.25) is 5.69 Å². The third-order valence-corrected chi connectivity index (χ3v) is 3.12. The number of para-hydroxylation sites is 2. The topological polar surface area (TPSA) is 51.7 Å². The zero-order valence-corrected chi connectivity index (χ0v) is 12.5. The molecule has 0 saturated carbocycles. The largest absolute Gasteiger partial charge is 1.00 e. The lowest BCUT2D eigenvalue weighted by Gasteiger charge is -2.03. The SMILES string of the molecule is C[n+]1ccccc1C(C#N)=C1Nc2ccccc2N1.[Br-]. The summed E-state index contributed by atoms with van der Waals surface area (Å²) >= 11 is 0. The maximum atomic E-state index is 9.44. The van der Waals surface area contributed by atoms with E-state index in [0.29, 0.717) is 5.57 Å². The Hall–Kier alpha value is -2.32. The van der Waals surface area contributed by atoms with Crippen molar-refractivity contribution in [3.8, 4) is 6.07 Å². The van der Waals surface area contributed by atoms with E-state index in [1.165, 1.54) is 0 Å². The molecule has 1 aromatic carbocycles. The number of aromatic nitrogens is 1. The minimum atomic E-state index is 0. The van der Waals surface area contributed by atoms with Gasteiger partial charge in [-0.15, -0.1) is 0 Å². The third kappa shape index (κ3) is 2.38. The van der Waals surface area contributed by atoms with Crippen molar-refractivity contribution >= 4 is 16.9 Å². The molecule has 0 atom stereocenters. The Kier molecular flexibility index (Phi) is 4.06. The summed E-state index contributed by atoms with van der Waals surface area (Å²) in [7, 11) is 1.93. The second-order valence-corrected chi connectivity index (χ2v) is 4.35. The minimum absolute atomic E-state index is 0. The number of nitriles is 1. The first kappa shape index (κ1) is 14.1. The molecule has 4 nitrogen and oxygen atoms in total. The van der Waals surface area contributed by atoms with Crippen LogP contribution in [0.5, 0.6) is 0 Å². The lowest BCUT2D eigenvalue weighted by Crippen LogP contribution is -3.00. The monoisotopic (exact) mass is 328 g/mol. The molecule has 0 bridgehead atoms. The van der Waals surface area contributed by atoms with Crippen molar-refractivity contribution in [2.45, 2.75) is 0 Å². The highest BCUT2D eigenvalue weighted by Crippen LogP contribution is 2.32. The molecule has 0 radical (unpaired) electrons. The first-order valence-corrected chi connectivity index (χ1v) is 6.02. The van der Waals surface area contributed by atoms with E-state index in [1.54, 1.807) is 0 Å². The van der Waals surface area contributed by atoms with Crippen LogP contribution < -0.4 is 32.2 Å². The molecular weight excluding hydrogens is 316 g/mol. The highest BCUT2D eigenvalue weighted by atomic mass is 79.9. The Morgan fingerprint density at radius 1 is 1.05 bits per heavy atom. The van der Waals surface area contributed by atoms with Gasteiger partial charge in [0.1, 0.15) is 18.9 Å². The number of hydrogen-bond donors (Lipinski definition) is 2. The van der Waals surface area contributed by atoms with Crippen molar-refractivity contribution < 1.29 is 21.5 Å². The number of rotatable bonds is 1. The molecule has 2 heterocycles. The van der Waals surface area contributed by atoms with Crippen molar-refractivity contribution in [3.63, 3.8) is 0 Å². The summed E-state index contributed by atoms with van der Waals surface area (Å²) < 4.78 is 1.93. The van der Waals surface area contributed by atoms with Gasteiger partial charge in [0.15, 0.2) is 11.8 Å². The number of nitrogens with zero attached hydrogens (tertiary/aromatic N) is 2. The molecule has 5 heteroatoms. The van der Waals surface area contributed by atoms with Crippen LogP contribution in [0.2, 0.25) is 0 Å². The maximum Gasteiger partial charge on any atom is 0.226 e. The molecule has 3 rings (SSSR count). The maximum absolute atomic E-state index is 9.44. The standard InChI is InChI=1S/C15H12N4.BrH/c1-19-9-5-4-8-14(19)11(10-16)15-17-12-6-2-3-7-13(12)18-15;/h2-9H,1H3,(H,17,18);1H. The molecule has 0 spiro atoms. The van der Waals surface area contributed by atoms with E-state index in [4.69, 9.17) is 0 Å². The predicted molar refractivity (Wildman–Crippen MR) is 73.8 cm³/mol. The van der Waals surface area contributed by atoms with E-state index in [2.05, 4.69) is 16.7 Å². The fourth-order valence-electron chi connectivity index (χ4n) is 2.15. The molecule has 2 N–H and O–H groups in total. The van der Waals surface area contributed by atoms with Gasteiger partial charge in [-0.05, 0) is 18.2 Å². The smallest absolute Gasteiger partial charge is 0.226 e. The van der Waals surface area contributed by atoms with E-state index in [-0.39, 0.29) is 17.0 Å².